The second-order valence-electron chi connectivity index (χ2n) is 14.0. The summed E-state index contributed by atoms with van der Waals surface area (Å²) < 4.78 is 11.1. The molecule has 1 unspecified atom stereocenters. The Hall–Kier alpha value is -2.17. The van der Waals surface area contributed by atoms with Gasteiger partial charge in [0.05, 0.1) is 13.2 Å². The minimum Gasteiger partial charge on any atom is -0.457 e. The zero-order valence-electron chi connectivity index (χ0n) is 33.6. The average molecular weight is 711 g/mol. The first-order valence-electron chi connectivity index (χ1n) is 21.5. The number of hydrogen-bond donors (Lipinski definition) is 1. The first-order valence-corrected chi connectivity index (χ1v) is 21.5. The number of allylic oxidation sites excluding steroid dienone is 12. The molecule has 0 saturated carbocycles. The molecule has 0 rings (SSSR count). The lowest BCUT2D eigenvalue weighted by Gasteiger charge is -2.15. The quantitative estimate of drug-likeness (QED) is 0.0392. The summed E-state index contributed by atoms with van der Waals surface area (Å²) in [6, 6.07) is 0. The Balaban J connectivity index is 3.46. The lowest BCUT2D eigenvalue weighted by atomic mass is 10.1. The van der Waals surface area contributed by atoms with E-state index in [1.165, 1.54) is 109 Å². The smallest absolute Gasteiger partial charge is 0.306 e. The maximum Gasteiger partial charge on any atom is 0.306 e. The molecule has 51 heavy (non-hydrogen) atoms. The Bertz CT molecular complexity index is 881. The Morgan fingerprint density at radius 3 is 1.33 bits per heavy atom. The van der Waals surface area contributed by atoms with Crippen molar-refractivity contribution in [1.29, 1.82) is 0 Å². The highest BCUT2D eigenvalue weighted by Crippen LogP contribution is 2.13. The second-order valence-corrected chi connectivity index (χ2v) is 14.0. The van der Waals surface area contributed by atoms with Crippen molar-refractivity contribution in [3.05, 3.63) is 72.9 Å². The highest BCUT2D eigenvalue weighted by atomic mass is 16.6. The molecule has 0 heterocycles. The van der Waals surface area contributed by atoms with E-state index in [1.54, 1.807) is 0 Å². The molecule has 0 radical (unpaired) electrons. The van der Waals surface area contributed by atoms with E-state index < -0.39 is 6.10 Å². The molecule has 0 aliphatic rings. The maximum absolute atomic E-state index is 12.2. The molecular formula is C47H82O4. The monoisotopic (exact) mass is 711 g/mol. The summed E-state index contributed by atoms with van der Waals surface area (Å²) in [6.45, 7) is 5.18. The third-order valence-electron chi connectivity index (χ3n) is 9.02. The van der Waals surface area contributed by atoms with Gasteiger partial charge in [-0.1, -0.05) is 177 Å². The third kappa shape index (κ3) is 42.1. The summed E-state index contributed by atoms with van der Waals surface area (Å²) >= 11 is 0. The van der Waals surface area contributed by atoms with E-state index in [1.807, 2.05) is 0 Å². The van der Waals surface area contributed by atoms with Crippen molar-refractivity contribution < 1.29 is 19.4 Å². The van der Waals surface area contributed by atoms with Gasteiger partial charge in [0.15, 0.2) is 0 Å². The molecule has 1 atom stereocenters. The Kier molecular flexibility index (Phi) is 42.1. The number of aliphatic hydroxyl groups excluding tert-OH is 1. The minimum atomic E-state index is -0.554. The van der Waals surface area contributed by atoms with Gasteiger partial charge >= 0.3 is 5.97 Å². The number of esters is 1. The maximum atomic E-state index is 12.2. The van der Waals surface area contributed by atoms with Crippen LogP contribution in [0.25, 0.3) is 0 Å². The first-order chi connectivity index (χ1) is 25.2. The van der Waals surface area contributed by atoms with Crippen LogP contribution < -0.4 is 0 Å². The molecule has 0 aliphatic carbocycles. The molecule has 0 aromatic heterocycles. The van der Waals surface area contributed by atoms with Crippen molar-refractivity contribution in [2.75, 3.05) is 19.8 Å². The number of aliphatic hydroxyl groups is 1. The Labute approximate surface area is 317 Å². The summed E-state index contributed by atoms with van der Waals surface area (Å²) in [5, 5.41) is 9.58. The van der Waals surface area contributed by atoms with Gasteiger partial charge in [-0.15, -0.1) is 0 Å². The van der Waals surface area contributed by atoms with Gasteiger partial charge < -0.3 is 14.6 Å². The van der Waals surface area contributed by atoms with E-state index in [-0.39, 0.29) is 19.2 Å². The molecular weight excluding hydrogens is 629 g/mol. The highest BCUT2D eigenvalue weighted by molar-refractivity contribution is 5.69. The molecule has 0 spiro atoms. The molecule has 0 aromatic carbocycles. The van der Waals surface area contributed by atoms with Gasteiger partial charge in [0, 0.05) is 13.0 Å². The van der Waals surface area contributed by atoms with Gasteiger partial charge in [0.25, 0.3) is 0 Å². The van der Waals surface area contributed by atoms with Crippen molar-refractivity contribution in [3.8, 4) is 0 Å². The number of hydrogen-bond acceptors (Lipinski definition) is 4. The molecule has 4 nitrogen and oxygen atoms in total. The summed E-state index contributed by atoms with van der Waals surface area (Å²) in [7, 11) is 0. The zero-order valence-corrected chi connectivity index (χ0v) is 33.6. The molecule has 0 fully saturated rings. The van der Waals surface area contributed by atoms with Crippen molar-refractivity contribution >= 4 is 5.97 Å². The molecule has 0 amide bonds. The fourth-order valence-corrected chi connectivity index (χ4v) is 5.82. The van der Waals surface area contributed by atoms with E-state index in [0.29, 0.717) is 13.0 Å². The molecule has 0 aromatic rings. The van der Waals surface area contributed by atoms with E-state index in [0.717, 1.165) is 64.2 Å². The fraction of sp³-hybridized carbons (Fsp3) is 0.723. The zero-order chi connectivity index (χ0) is 37.0. The van der Waals surface area contributed by atoms with E-state index in [9.17, 15) is 9.90 Å². The van der Waals surface area contributed by atoms with Crippen molar-refractivity contribution in [2.45, 2.75) is 200 Å². The SMILES string of the molecule is CC/C=C\C/C=C\C/C=C\CCCCCC(=O)OC(CO)COCCCCCCCCCCCCC/C=C\C/C=C\C/C=C\CCCCCCC. The normalized spacial score (nSPS) is 13.1. The van der Waals surface area contributed by atoms with Gasteiger partial charge in [-0.2, -0.15) is 0 Å². The van der Waals surface area contributed by atoms with Crippen LogP contribution in [0, 0.1) is 0 Å². The molecule has 0 aliphatic heterocycles. The topological polar surface area (TPSA) is 55.8 Å². The summed E-state index contributed by atoms with van der Waals surface area (Å²) in [5.74, 6) is -0.232. The van der Waals surface area contributed by atoms with Crippen LogP contribution in [0.4, 0.5) is 0 Å². The van der Waals surface area contributed by atoms with E-state index >= 15 is 0 Å². The lowest BCUT2D eigenvalue weighted by molar-refractivity contribution is -0.154. The number of ether oxygens (including phenoxy) is 2. The van der Waals surface area contributed by atoms with E-state index in [4.69, 9.17) is 9.47 Å². The number of carbonyl (C=O) groups is 1. The van der Waals surface area contributed by atoms with Gasteiger partial charge in [0.2, 0.25) is 0 Å². The fourth-order valence-electron chi connectivity index (χ4n) is 5.82. The van der Waals surface area contributed by atoms with Crippen LogP contribution in [0.5, 0.6) is 0 Å². The van der Waals surface area contributed by atoms with Gasteiger partial charge in [-0.3, -0.25) is 4.79 Å². The third-order valence-corrected chi connectivity index (χ3v) is 9.02. The van der Waals surface area contributed by atoms with Gasteiger partial charge in [0.1, 0.15) is 6.10 Å². The summed E-state index contributed by atoms with van der Waals surface area (Å²) in [6.07, 6.45) is 59.7. The van der Waals surface area contributed by atoms with Gasteiger partial charge in [-0.05, 0) is 83.5 Å². The molecule has 294 valence electrons. The molecule has 0 saturated heterocycles. The number of rotatable bonds is 39. The minimum absolute atomic E-state index is 0.188. The lowest BCUT2D eigenvalue weighted by Crippen LogP contribution is -2.27. The predicted molar refractivity (Wildman–Crippen MR) is 223 cm³/mol. The van der Waals surface area contributed by atoms with Crippen LogP contribution >= 0.6 is 0 Å². The molecule has 1 N–H and O–H groups in total. The van der Waals surface area contributed by atoms with Crippen LogP contribution in [0.15, 0.2) is 72.9 Å². The average Bonchev–Trinajstić information content (AvgIpc) is 3.14. The van der Waals surface area contributed by atoms with E-state index in [2.05, 4.69) is 86.8 Å². The highest BCUT2D eigenvalue weighted by Gasteiger charge is 2.13. The van der Waals surface area contributed by atoms with Crippen LogP contribution in [0.2, 0.25) is 0 Å². The predicted octanol–water partition coefficient (Wildman–Crippen LogP) is 14.2. The largest absolute Gasteiger partial charge is 0.457 e. The number of unbranched alkanes of at least 4 members (excludes halogenated alkanes) is 19. The van der Waals surface area contributed by atoms with Crippen molar-refractivity contribution in [2.24, 2.45) is 0 Å². The van der Waals surface area contributed by atoms with Crippen LogP contribution in [-0.2, 0) is 14.3 Å². The van der Waals surface area contributed by atoms with Crippen LogP contribution in [-0.4, -0.2) is 37.0 Å². The van der Waals surface area contributed by atoms with Gasteiger partial charge in [-0.25, -0.2) is 0 Å². The first kappa shape index (κ1) is 48.8. The summed E-state index contributed by atoms with van der Waals surface area (Å²) in [5.41, 5.74) is 0. The second kappa shape index (κ2) is 44.0. The number of carbonyl (C=O) groups excluding carboxylic acids is 1. The Morgan fingerprint density at radius 2 is 0.882 bits per heavy atom. The molecule has 4 heteroatoms. The standard InChI is InChI=1S/C47H82O4/c1-3-5-7-9-11-13-15-17-18-19-20-21-22-23-24-25-26-27-28-29-31-33-35-37-39-41-43-50-45-46(44-48)51-47(49)42-40-38-36-34-32-30-16-14-12-10-8-6-4-2/h6,8,12,14-15,17,19-20,22-23,30,32,46,48H,3-5,7,9-11,13,16,18,21,24-29,31,33-45H2,1-2H3/b8-6-,14-12-,17-15-,20-19-,23-22-,32-30-. The van der Waals surface area contributed by atoms with Crippen molar-refractivity contribution in [3.63, 3.8) is 0 Å². The molecule has 0 bridgehead atoms. The van der Waals surface area contributed by atoms with Crippen LogP contribution in [0.1, 0.15) is 194 Å². The van der Waals surface area contributed by atoms with Crippen LogP contribution in [0.3, 0.4) is 0 Å². The Morgan fingerprint density at radius 1 is 0.490 bits per heavy atom. The summed E-state index contributed by atoms with van der Waals surface area (Å²) in [4.78, 5) is 12.2. The van der Waals surface area contributed by atoms with Crippen molar-refractivity contribution in [1.82, 2.24) is 0 Å².